The monoisotopic (exact) mass is 274 g/mol. The van der Waals surface area contributed by atoms with Crippen molar-refractivity contribution in [2.24, 2.45) is 5.73 Å². The Morgan fingerprint density at radius 2 is 2.24 bits per heavy atom. The SMILES string of the molecule is CCc1cccc(Cl)c1CN1CC[C@@H](N)C1.Cl. The molecule has 96 valence electrons. The van der Waals surface area contributed by atoms with Crippen molar-refractivity contribution in [3.63, 3.8) is 0 Å². The summed E-state index contributed by atoms with van der Waals surface area (Å²) in [6.45, 7) is 5.20. The number of hydrogen-bond acceptors (Lipinski definition) is 2. The van der Waals surface area contributed by atoms with E-state index in [9.17, 15) is 0 Å². The number of halogens is 2. The second-order valence-electron chi connectivity index (χ2n) is 4.51. The number of benzene rings is 1. The van der Waals surface area contributed by atoms with Crippen molar-refractivity contribution >= 4 is 24.0 Å². The Hall–Kier alpha value is -0.280. The third-order valence-electron chi connectivity index (χ3n) is 3.29. The molecule has 0 aliphatic carbocycles. The maximum atomic E-state index is 6.27. The number of aryl methyl sites for hydroxylation is 1. The van der Waals surface area contributed by atoms with Gasteiger partial charge in [0.2, 0.25) is 0 Å². The minimum Gasteiger partial charge on any atom is -0.326 e. The predicted octanol–water partition coefficient (Wildman–Crippen LogP) is 2.86. The Morgan fingerprint density at radius 1 is 1.47 bits per heavy atom. The molecule has 0 aromatic heterocycles. The highest BCUT2D eigenvalue weighted by atomic mass is 35.5. The summed E-state index contributed by atoms with van der Waals surface area (Å²) in [7, 11) is 0. The van der Waals surface area contributed by atoms with Crippen LogP contribution in [0.4, 0.5) is 0 Å². The van der Waals surface area contributed by atoms with Crippen LogP contribution in [0.1, 0.15) is 24.5 Å². The average Bonchev–Trinajstić information content (AvgIpc) is 2.67. The molecule has 17 heavy (non-hydrogen) atoms. The Labute approximate surface area is 115 Å². The van der Waals surface area contributed by atoms with E-state index in [1.165, 1.54) is 11.1 Å². The number of nitrogens with zero attached hydrogens (tertiary/aromatic N) is 1. The third kappa shape index (κ3) is 3.59. The normalized spacial score (nSPS) is 20.3. The van der Waals surface area contributed by atoms with Crippen molar-refractivity contribution < 1.29 is 0 Å². The van der Waals surface area contributed by atoms with Crippen LogP contribution in [0, 0.1) is 0 Å². The van der Waals surface area contributed by atoms with Gasteiger partial charge in [-0.05, 0) is 30.0 Å². The summed E-state index contributed by atoms with van der Waals surface area (Å²) in [5.74, 6) is 0. The minimum absolute atomic E-state index is 0. The smallest absolute Gasteiger partial charge is 0.0453 e. The zero-order valence-corrected chi connectivity index (χ0v) is 11.7. The second-order valence-corrected chi connectivity index (χ2v) is 4.92. The number of likely N-dealkylation sites (tertiary alicyclic amines) is 1. The van der Waals surface area contributed by atoms with Crippen LogP contribution in [0.15, 0.2) is 18.2 Å². The highest BCUT2D eigenvalue weighted by molar-refractivity contribution is 6.31. The van der Waals surface area contributed by atoms with Gasteiger partial charge in [0, 0.05) is 30.7 Å². The lowest BCUT2D eigenvalue weighted by Gasteiger charge is -2.18. The quantitative estimate of drug-likeness (QED) is 0.919. The lowest BCUT2D eigenvalue weighted by Crippen LogP contribution is -2.26. The summed E-state index contributed by atoms with van der Waals surface area (Å²) >= 11 is 6.27. The van der Waals surface area contributed by atoms with Gasteiger partial charge in [-0.15, -0.1) is 12.4 Å². The predicted molar refractivity (Wildman–Crippen MR) is 75.9 cm³/mol. The van der Waals surface area contributed by atoms with Gasteiger partial charge < -0.3 is 5.73 Å². The molecule has 0 bridgehead atoms. The van der Waals surface area contributed by atoms with Gasteiger partial charge >= 0.3 is 0 Å². The van der Waals surface area contributed by atoms with E-state index in [1.807, 2.05) is 12.1 Å². The second kappa shape index (κ2) is 6.60. The van der Waals surface area contributed by atoms with Crippen molar-refractivity contribution in [2.75, 3.05) is 13.1 Å². The zero-order valence-electron chi connectivity index (χ0n) is 10.2. The molecule has 1 aromatic rings. The van der Waals surface area contributed by atoms with Gasteiger partial charge in [0.15, 0.2) is 0 Å². The van der Waals surface area contributed by atoms with Crippen LogP contribution in [0.25, 0.3) is 0 Å². The first kappa shape index (κ1) is 14.8. The summed E-state index contributed by atoms with van der Waals surface area (Å²) in [4.78, 5) is 2.39. The van der Waals surface area contributed by atoms with Gasteiger partial charge in [-0.25, -0.2) is 0 Å². The van der Waals surface area contributed by atoms with Crippen LogP contribution in [-0.4, -0.2) is 24.0 Å². The maximum absolute atomic E-state index is 6.27. The third-order valence-corrected chi connectivity index (χ3v) is 3.64. The molecule has 1 fully saturated rings. The lowest BCUT2D eigenvalue weighted by molar-refractivity contribution is 0.326. The molecular formula is C13H20Cl2N2. The standard InChI is InChI=1S/C13H19ClN2.ClH/c1-2-10-4-3-5-13(14)12(10)9-16-7-6-11(15)8-16;/h3-5,11H,2,6-9,15H2,1H3;1H/t11-;/m1./s1. The van der Waals surface area contributed by atoms with E-state index in [-0.39, 0.29) is 12.4 Å². The van der Waals surface area contributed by atoms with E-state index in [2.05, 4.69) is 17.9 Å². The summed E-state index contributed by atoms with van der Waals surface area (Å²) in [5, 5.41) is 0.889. The Bertz CT molecular complexity index is 368. The molecule has 1 heterocycles. The highest BCUT2D eigenvalue weighted by Crippen LogP contribution is 2.23. The highest BCUT2D eigenvalue weighted by Gasteiger charge is 2.20. The Morgan fingerprint density at radius 3 is 2.82 bits per heavy atom. The first-order valence-corrected chi connectivity index (χ1v) is 6.32. The van der Waals surface area contributed by atoms with Gasteiger partial charge in [-0.1, -0.05) is 30.7 Å². The molecule has 0 radical (unpaired) electrons. The summed E-state index contributed by atoms with van der Waals surface area (Å²) < 4.78 is 0. The first-order valence-electron chi connectivity index (χ1n) is 5.95. The molecule has 0 amide bonds. The summed E-state index contributed by atoms with van der Waals surface area (Å²) in [5.41, 5.74) is 8.55. The van der Waals surface area contributed by atoms with E-state index in [1.54, 1.807) is 0 Å². The van der Waals surface area contributed by atoms with Gasteiger partial charge in [0.1, 0.15) is 0 Å². The van der Waals surface area contributed by atoms with Crippen LogP contribution in [0.3, 0.4) is 0 Å². The van der Waals surface area contributed by atoms with Crippen LogP contribution in [0.5, 0.6) is 0 Å². The molecule has 0 saturated carbocycles. The number of hydrogen-bond donors (Lipinski definition) is 1. The number of nitrogens with two attached hydrogens (primary N) is 1. The largest absolute Gasteiger partial charge is 0.326 e. The van der Waals surface area contributed by atoms with Gasteiger partial charge in [0.05, 0.1) is 0 Å². The average molecular weight is 275 g/mol. The molecular weight excluding hydrogens is 255 g/mol. The molecule has 1 aliphatic rings. The van der Waals surface area contributed by atoms with Crippen LogP contribution in [-0.2, 0) is 13.0 Å². The van der Waals surface area contributed by atoms with E-state index in [0.717, 1.165) is 37.5 Å². The van der Waals surface area contributed by atoms with Crippen molar-refractivity contribution in [2.45, 2.75) is 32.4 Å². The van der Waals surface area contributed by atoms with E-state index in [4.69, 9.17) is 17.3 Å². The molecule has 2 nitrogen and oxygen atoms in total. The Balaban J connectivity index is 0.00000144. The fraction of sp³-hybridized carbons (Fsp3) is 0.538. The number of rotatable bonds is 3. The van der Waals surface area contributed by atoms with Gasteiger partial charge in [-0.3, -0.25) is 4.90 Å². The molecule has 4 heteroatoms. The van der Waals surface area contributed by atoms with Crippen LogP contribution < -0.4 is 5.73 Å². The summed E-state index contributed by atoms with van der Waals surface area (Å²) in [6, 6.07) is 6.51. The van der Waals surface area contributed by atoms with Crippen molar-refractivity contribution in [1.29, 1.82) is 0 Å². The van der Waals surface area contributed by atoms with Crippen molar-refractivity contribution in [1.82, 2.24) is 4.90 Å². The maximum Gasteiger partial charge on any atom is 0.0453 e. The van der Waals surface area contributed by atoms with Crippen LogP contribution >= 0.6 is 24.0 Å². The molecule has 1 aliphatic heterocycles. The van der Waals surface area contributed by atoms with E-state index < -0.39 is 0 Å². The molecule has 0 unspecified atom stereocenters. The first-order chi connectivity index (χ1) is 7.70. The molecule has 1 saturated heterocycles. The van der Waals surface area contributed by atoms with E-state index >= 15 is 0 Å². The fourth-order valence-corrected chi connectivity index (χ4v) is 2.60. The topological polar surface area (TPSA) is 29.3 Å². The molecule has 1 atom stereocenters. The molecule has 0 spiro atoms. The molecule has 1 aromatic carbocycles. The summed E-state index contributed by atoms with van der Waals surface area (Å²) in [6.07, 6.45) is 2.14. The molecule has 2 rings (SSSR count). The van der Waals surface area contributed by atoms with Crippen molar-refractivity contribution in [3.05, 3.63) is 34.3 Å². The lowest BCUT2D eigenvalue weighted by atomic mass is 10.0. The van der Waals surface area contributed by atoms with Crippen LogP contribution in [0.2, 0.25) is 5.02 Å². The van der Waals surface area contributed by atoms with E-state index in [0.29, 0.717) is 6.04 Å². The van der Waals surface area contributed by atoms with Gasteiger partial charge in [-0.2, -0.15) is 0 Å². The Kier molecular flexibility index (Phi) is 5.74. The minimum atomic E-state index is 0. The molecule has 2 N–H and O–H groups in total. The van der Waals surface area contributed by atoms with Gasteiger partial charge in [0.25, 0.3) is 0 Å². The fourth-order valence-electron chi connectivity index (χ4n) is 2.34. The zero-order chi connectivity index (χ0) is 11.5. The van der Waals surface area contributed by atoms with Crippen molar-refractivity contribution in [3.8, 4) is 0 Å².